The molecular weight excluding hydrogens is 256 g/mol. The standard InChI is InChI=1S/C15H22N2O3/c1-4-7-15(2,16)14(18)17(3)9-11-5-6-12-13(8-11)20-10-19-12/h5-6,8H,4,7,9-10,16H2,1-3H3. The average molecular weight is 278 g/mol. The molecule has 20 heavy (non-hydrogen) atoms. The predicted octanol–water partition coefficient (Wildman–Crippen LogP) is 1.89. The van der Waals surface area contributed by atoms with E-state index >= 15 is 0 Å². The Morgan fingerprint density at radius 3 is 2.80 bits per heavy atom. The van der Waals surface area contributed by atoms with Crippen LogP contribution in [0.5, 0.6) is 11.5 Å². The van der Waals surface area contributed by atoms with Gasteiger partial charge in [-0.05, 0) is 31.0 Å². The molecule has 0 saturated carbocycles. The molecule has 0 radical (unpaired) electrons. The third kappa shape index (κ3) is 3.04. The lowest BCUT2D eigenvalue weighted by Crippen LogP contribution is -2.51. The monoisotopic (exact) mass is 278 g/mol. The van der Waals surface area contributed by atoms with Gasteiger partial charge in [0.05, 0.1) is 5.54 Å². The van der Waals surface area contributed by atoms with Crippen molar-refractivity contribution in [1.82, 2.24) is 4.90 Å². The van der Waals surface area contributed by atoms with Gasteiger partial charge in [0, 0.05) is 13.6 Å². The van der Waals surface area contributed by atoms with Crippen molar-refractivity contribution in [2.45, 2.75) is 38.8 Å². The van der Waals surface area contributed by atoms with Gasteiger partial charge in [-0.2, -0.15) is 0 Å². The van der Waals surface area contributed by atoms with E-state index in [-0.39, 0.29) is 12.7 Å². The number of nitrogens with zero attached hydrogens (tertiary/aromatic N) is 1. The molecule has 5 nitrogen and oxygen atoms in total. The molecule has 0 fully saturated rings. The Bertz CT molecular complexity index is 500. The Labute approximate surface area is 119 Å². The van der Waals surface area contributed by atoms with Crippen molar-refractivity contribution < 1.29 is 14.3 Å². The summed E-state index contributed by atoms with van der Waals surface area (Å²) in [6.45, 7) is 4.57. The first-order chi connectivity index (χ1) is 9.44. The summed E-state index contributed by atoms with van der Waals surface area (Å²) < 4.78 is 10.6. The Kier molecular flexibility index (Phi) is 4.18. The number of ether oxygens (including phenoxy) is 2. The largest absolute Gasteiger partial charge is 0.454 e. The third-order valence-corrected chi connectivity index (χ3v) is 3.46. The van der Waals surface area contributed by atoms with Gasteiger partial charge in [0.1, 0.15) is 0 Å². The van der Waals surface area contributed by atoms with Crippen molar-refractivity contribution >= 4 is 5.91 Å². The molecule has 1 atom stereocenters. The fraction of sp³-hybridized carbons (Fsp3) is 0.533. The van der Waals surface area contributed by atoms with Gasteiger partial charge in [-0.3, -0.25) is 4.79 Å². The molecule has 2 rings (SSSR count). The molecule has 0 spiro atoms. The predicted molar refractivity (Wildman–Crippen MR) is 76.5 cm³/mol. The Morgan fingerprint density at radius 1 is 1.40 bits per heavy atom. The lowest BCUT2D eigenvalue weighted by atomic mass is 9.95. The molecule has 0 aromatic heterocycles. The molecule has 1 amide bonds. The van der Waals surface area contributed by atoms with E-state index in [1.807, 2.05) is 25.1 Å². The van der Waals surface area contributed by atoms with Crippen molar-refractivity contribution in [2.24, 2.45) is 5.73 Å². The number of rotatable bonds is 5. The van der Waals surface area contributed by atoms with Crippen LogP contribution in [0.2, 0.25) is 0 Å². The summed E-state index contributed by atoms with van der Waals surface area (Å²) in [5, 5.41) is 0. The van der Waals surface area contributed by atoms with Crippen molar-refractivity contribution in [2.75, 3.05) is 13.8 Å². The van der Waals surface area contributed by atoms with Crippen LogP contribution in [0, 0.1) is 0 Å². The number of carbonyl (C=O) groups is 1. The van der Waals surface area contributed by atoms with Gasteiger partial charge in [-0.1, -0.05) is 19.4 Å². The quantitative estimate of drug-likeness (QED) is 0.893. The van der Waals surface area contributed by atoms with Crippen molar-refractivity contribution in [3.05, 3.63) is 23.8 Å². The topological polar surface area (TPSA) is 64.8 Å². The summed E-state index contributed by atoms with van der Waals surface area (Å²) in [6, 6.07) is 5.70. The number of benzene rings is 1. The zero-order valence-electron chi connectivity index (χ0n) is 12.3. The number of carbonyl (C=O) groups excluding carboxylic acids is 1. The lowest BCUT2D eigenvalue weighted by Gasteiger charge is -2.29. The highest BCUT2D eigenvalue weighted by Gasteiger charge is 2.30. The number of hydrogen-bond acceptors (Lipinski definition) is 4. The minimum Gasteiger partial charge on any atom is -0.454 e. The molecule has 0 bridgehead atoms. The number of likely N-dealkylation sites (N-methyl/N-ethyl adjacent to an activating group) is 1. The van der Waals surface area contributed by atoms with E-state index in [9.17, 15) is 4.79 Å². The maximum absolute atomic E-state index is 12.3. The minimum absolute atomic E-state index is 0.0444. The van der Waals surface area contributed by atoms with Crippen LogP contribution in [-0.2, 0) is 11.3 Å². The third-order valence-electron chi connectivity index (χ3n) is 3.46. The van der Waals surface area contributed by atoms with Gasteiger partial charge in [-0.25, -0.2) is 0 Å². The minimum atomic E-state index is -0.806. The fourth-order valence-corrected chi connectivity index (χ4v) is 2.45. The molecule has 5 heteroatoms. The van der Waals surface area contributed by atoms with Gasteiger partial charge in [0.15, 0.2) is 11.5 Å². The van der Waals surface area contributed by atoms with Crippen LogP contribution in [0.25, 0.3) is 0 Å². The van der Waals surface area contributed by atoms with E-state index in [0.717, 1.165) is 23.5 Å². The Morgan fingerprint density at radius 2 is 2.10 bits per heavy atom. The highest BCUT2D eigenvalue weighted by atomic mass is 16.7. The van der Waals surface area contributed by atoms with Crippen LogP contribution >= 0.6 is 0 Å². The maximum atomic E-state index is 12.3. The molecular formula is C15H22N2O3. The van der Waals surface area contributed by atoms with Gasteiger partial charge in [0.2, 0.25) is 12.7 Å². The van der Waals surface area contributed by atoms with Crippen molar-refractivity contribution in [3.63, 3.8) is 0 Å². The van der Waals surface area contributed by atoms with Crippen LogP contribution in [0.1, 0.15) is 32.3 Å². The van der Waals surface area contributed by atoms with Gasteiger partial charge in [-0.15, -0.1) is 0 Å². The van der Waals surface area contributed by atoms with E-state index in [4.69, 9.17) is 15.2 Å². The fourth-order valence-electron chi connectivity index (χ4n) is 2.45. The Hall–Kier alpha value is -1.75. The molecule has 1 aliphatic heterocycles. The molecule has 1 unspecified atom stereocenters. The highest BCUT2D eigenvalue weighted by Crippen LogP contribution is 2.32. The second-order valence-electron chi connectivity index (χ2n) is 5.52. The second-order valence-corrected chi connectivity index (χ2v) is 5.52. The lowest BCUT2D eigenvalue weighted by molar-refractivity contribution is -0.135. The number of amides is 1. The molecule has 1 aromatic carbocycles. The first-order valence-corrected chi connectivity index (χ1v) is 6.87. The van der Waals surface area contributed by atoms with E-state index < -0.39 is 5.54 Å². The highest BCUT2D eigenvalue weighted by molar-refractivity contribution is 5.85. The van der Waals surface area contributed by atoms with E-state index in [1.54, 1.807) is 18.9 Å². The number of hydrogen-bond donors (Lipinski definition) is 1. The molecule has 110 valence electrons. The Balaban J connectivity index is 2.04. The molecule has 1 aliphatic rings. The van der Waals surface area contributed by atoms with Crippen LogP contribution < -0.4 is 15.2 Å². The molecule has 1 heterocycles. The molecule has 0 saturated heterocycles. The van der Waals surface area contributed by atoms with Gasteiger partial charge in [0.25, 0.3) is 0 Å². The molecule has 0 aliphatic carbocycles. The summed E-state index contributed by atoms with van der Waals surface area (Å²) in [6.07, 6.45) is 1.56. The van der Waals surface area contributed by atoms with Crippen molar-refractivity contribution in [3.8, 4) is 11.5 Å². The van der Waals surface area contributed by atoms with Crippen LogP contribution in [0.15, 0.2) is 18.2 Å². The zero-order chi connectivity index (χ0) is 14.8. The average Bonchev–Trinajstić information content (AvgIpc) is 2.85. The zero-order valence-corrected chi connectivity index (χ0v) is 12.3. The summed E-state index contributed by atoms with van der Waals surface area (Å²) >= 11 is 0. The molecule has 1 aromatic rings. The van der Waals surface area contributed by atoms with E-state index in [0.29, 0.717) is 13.0 Å². The van der Waals surface area contributed by atoms with Crippen molar-refractivity contribution in [1.29, 1.82) is 0 Å². The first kappa shape index (κ1) is 14.7. The van der Waals surface area contributed by atoms with Crippen LogP contribution in [-0.4, -0.2) is 30.2 Å². The smallest absolute Gasteiger partial charge is 0.242 e. The maximum Gasteiger partial charge on any atom is 0.242 e. The number of fused-ring (bicyclic) bond motifs is 1. The van der Waals surface area contributed by atoms with Gasteiger partial charge < -0.3 is 20.1 Å². The summed E-state index contributed by atoms with van der Waals surface area (Å²) in [7, 11) is 1.77. The number of nitrogens with two attached hydrogens (primary N) is 1. The summed E-state index contributed by atoms with van der Waals surface area (Å²) in [5.74, 6) is 1.43. The van der Waals surface area contributed by atoms with Crippen LogP contribution in [0.4, 0.5) is 0 Å². The normalized spacial score (nSPS) is 15.8. The second kappa shape index (κ2) is 5.71. The summed E-state index contributed by atoms with van der Waals surface area (Å²) in [5.41, 5.74) is 6.27. The SMILES string of the molecule is CCCC(C)(N)C(=O)N(C)Cc1ccc2c(c1)OCO2. The van der Waals surface area contributed by atoms with Crippen LogP contribution in [0.3, 0.4) is 0 Å². The van der Waals surface area contributed by atoms with E-state index in [1.165, 1.54) is 0 Å². The first-order valence-electron chi connectivity index (χ1n) is 6.87. The van der Waals surface area contributed by atoms with Gasteiger partial charge >= 0.3 is 0 Å². The molecule has 2 N–H and O–H groups in total. The summed E-state index contributed by atoms with van der Waals surface area (Å²) in [4.78, 5) is 14.0. The van der Waals surface area contributed by atoms with E-state index in [2.05, 4.69) is 0 Å².